The molecule has 0 aliphatic heterocycles. The van der Waals surface area contributed by atoms with E-state index in [9.17, 15) is 0 Å². The fourth-order valence-corrected chi connectivity index (χ4v) is 2.33. The lowest BCUT2D eigenvalue weighted by atomic mass is 9.96. The molecule has 0 aliphatic rings. The number of aryl methyl sites for hydroxylation is 2. The second kappa shape index (κ2) is 3.95. The van der Waals surface area contributed by atoms with E-state index in [2.05, 4.69) is 56.8 Å². The fourth-order valence-electron chi connectivity index (χ4n) is 2.33. The van der Waals surface area contributed by atoms with Crippen molar-refractivity contribution in [2.24, 2.45) is 18.7 Å². The van der Waals surface area contributed by atoms with Crippen LogP contribution in [0, 0.1) is 12.8 Å². The van der Waals surface area contributed by atoms with E-state index in [1.165, 1.54) is 22.0 Å². The van der Waals surface area contributed by atoms with Crippen LogP contribution in [0.15, 0.2) is 24.4 Å². The van der Waals surface area contributed by atoms with Crippen LogP contribution in [0.25, 0.3) is 10.9 Å². The van der Waals surface area contributed by atoms with Gasteiger partial charge in [-0.1, -0.05) is 32.0 Å². The Bertz CT molecular complexity index is 509. The minimum atomic E-state index is 0.116. The van der Waals surface area contributed by atoms with Crippen LogP contribution in [0.5, 0.6) is 0 Å². The van der Waals surface area contributed by atoms with Gasteiger partial charge in [-0.2, -0.15) is 0 Å². The van der Waals surface area contributed by atoms with Gasteiger partial charge in [0.1, 0.15) is 0 Å². The highest BCUT2D eigenvalue weighted by molar-refractivity contribution is 5.87. The van der Waals surface area contributed by atoms with Crippen LogP contribution in [0.3, 0.4) is 0 Å². The van der Waals surface area contributed by atoms with E-state index in [1.807, 2.05) is 0 Å². The van der Waals surface area contributed by atoms with Crippen molar-refractivity contribution in [3.05, 3.63) is 35.5 Å². The molecule has 1 aromatic carbocycles. The lowest BCUT2D eigenvalue weighted by Crippen LogP contribution is -2.16. The van der Waals surface area contributed by atoms with E-state index in [1.54, 1.807) is 0 Å². The molecular weight excluding hydrogens is 196 g/mol. The number of para-hydroxylation sites is 1. The monoisotopic (exact) mass is 216 g/mol. The molecule has 2 nitrogen and oxygen atoms in total. The predicted octanol–water partition coefficient (Wildman–Crippen LogP) is 3.14. The summed E-state index contributed by atoms with van der Waals surface area (Å²) < 4.78 is 2.18. The Hall–Kier alpha value is -1.28. The van der Waals surface area contributed by atoms with Crippen molar-refractivity contribution < 1.29 is 0 Å². The Balaban J connectivity index is 2.69. The SMILES string of the molecule is Cc1cccc2c(C(N)C(C)C)cn(C)c12. The van der Waals surface area contributed by atoms with Crippen LogP contribution in [0.4, 0.5) is 0 Å². The van der Waals surface area contributed by atoms with Crippen LogP contribution < -0.4 is 5.73 Å². The van der Waals surface area contributed by atoms with Gasteiger partial charge >= 0.3 is 0 Å². The highest BCUT2D eigenvalue weighted by Crippen LogP contribution is 2.30. The molecule has 0 spiro atoms. The maximum absolute atomic E-state index is 6.25. The van der Waals surface area contributed by atoms with Gasteiger partial charge in [0.25, 0.3) is 0 Å². The lowest BCUT2D eigenvalue weighted by molar-refractivity contribution is 0.516. The first-order valence-electron chi connectivity index (χ1n) is 5.82. The van der Waals surface area contributed by atoms with Gasteiger partial charge in [-0.3, -0.25) is 0 Å². The van der Waals surface area contributed by atoms with Crippen molar-refractivity contribution in [1.82, 2.24) is 4.57 Å². The molecule has 16 heavy (non-hydrogen) atoms. The number of rotatable bonds is 2. The molecule has 86 valence electrons. The molecule has 0 saturated carbocycles. The Labute approximate surface area is 97.1 Å². The molecular formula is C14H20N2. The molecule has 0 radical (unpaired) electrons. The first-order chi connectivity index (χ1) is 7.52. The lowest BCUT2D eigenvalue weighted by Gasteiger charge is -2.14. The Morgan fingerprint density at radius 3 is 2.56 bits per heavy atom. The first-order valence-corrected chi connectivity index (χ1v) is 5.82. The van der Waals surface area contributed by atoms with Gasteiger partial charge in [-0.25, -0.2) is 0 Å². The minimum absolute atomic E-state index is 0.116. The molecule has 0 amide bonds. The van der Waals surface area contributed by atoms with Gasteiger partial charge in [-0.15, -0.1) is 0 Å². The minimum Gasteiger partial charge on any atom is -0.350 e. The number of fused-ring (bicyclic) bond motifs is 1. The summed E-state index contributed by atoms with van der Waals surface area (Å²) in [6.07, 6.45) is 2.17. The summed E-state index contributed by atoms with van der Waals surface area (Å²) >= 11 is 0. The number of nitrogens with two attached hydrogens (primary N) is 1. The van der Waals surface area contributed by atoms with Gasteiger partial charge in [0.2, 0.25) is 0 Å². The maximum Gasteiger partial charge on any atom is 0.0510 e. The summed E-state index contributed by atoms with van der Waals surface area (Å²) in [5, 5.41) is 1.30. The molecule has 0 saturated heterocycles. The summed E-state index contributed by atoms with van der Waals surface area (Å²) in [6.45, 7) is 6.48. The van der Waals surface area contributed by atoms with Gasteiger partial charge in [0.05, 0.1) is 5.52 Å². The highest BCUT2D eigenvalue weighted by Gasteiger charge is 2.16. The predicted molar refractivity (Wildman–Crippen MR) is 69.4 cm³/mol. The smallest absolute Gasteiger partial charge is 0.0510 e. The fraction of sp³-hybridized carbons (Fsp3) is 0.429. The highest BCUT2D eigenvalue weighted by atomic mass is 14.9. The Morgan fingerprint density at radius 1 is 1.25 bits per heavy atom. The molecule has 2 rings (SSSR count). The van der Waals surface area contributed by atoms with E-state index >= 15 is 0 Å². The third kappa shape index (κ3) is 1.63. The summed E-state index contributed by atoms with van der Waals surface area (Å²) in [6, 6.07) is 6.53. The third-order valence-electron chi connectivity index (χ3n) is 3.31. The zero-order chi connectivity index (χ0) is 11.9. The molecule has 2 aromatic rings. The molecule has 2 N–H and O–H groups in total. The summed E-state index contributed by atoms with van der Waals surface area (Å²) in [5.41, 5.74) is 10.1. The Morgan fingerprint density at radius 2 is 1.94 bits per heavy atom. The van der Waals surface area contributed by atoms with E-state index in [0.29, 0.717) is 5.92 Å². The number of aromatic nitrogens is 1. The first kappa shape index (κ1) is 11.2. The largest absolute Gasteiger partial charge is 0.350 e. The van der Waals surface area contributed by atoms with Crippen LogP contribution in [-0.4, -0.2) is 4.57 Å². The second-order valence-electron chi connectivity index (χ2n) is 4.94. The normalized spacial score (nSPS) is 13.6. The Kier molecular flexibility index (Phi) is 2.76. The van der Waals surface area contributed by atoms with E-state index in [0.717, 1.165) is 0 Å². The zero-order valence-electron chi connectivity index (χ0n) is 10.5. The second-order valence-corrected chi connectivity index (χ2v) is 4.94. The molecule has 0 fully saturated rings. The molecule has 1 atom stereocenters. The number of benzene rings is 1. The summed E-state index contributed by atoms with van der Waals surface area (Å²) in [5.74, 6) is 0.464. The quantitative estimate of drug-likeness (QED) is 0.821. The number of hydrogen-bond donors (Lipinski definition) is 1. The summed E-state index contributed by atoms with van der Waals surface area (Å²) in [4.78, 5) is 0. The van der Waals surface area contributed by atoms with Crippen molar-refractivity contribution >= 4 is 10.9 Å². The van der Waals surface area contributed by atoms with Crippen LogP contribution in [-0.2, 0) is 7.05 Å². The third-order valence-corrected chi connectivity index (χ3v) is 3.31. The zero-order valence-corrected chi connectivity index (χ0v) is 10.5. The van der Waals surface area contributed by atoms with Crippen molar-refractivity contribution in [1.29, 1.82) is 0 Å². The van der Waals surface area contributed by atoms with Gasteiger partial charge in [-0.05, 0) is 24.0 Å². The molecule has 0 bridgehead atoms. The van der Waals surface area contributed by atoms with Crippen LogP contribution in [0.1, 0.15) is 31.0 Å². The summed E-state index contributed by atoms with van der Waals surface area (Å²) in [7, 11) is 2.09. The number of nitrogens with zero attached hydrogens (tertiary/aromatic N) is 1. The van der Waals surface area contributed by atoms with Gasteiger partial charge in [0, 0.05) is 24.7 Å². The maximum atomic E-state index is 6.25. The average Bonchev–Trinajstić information content (AvgIpc) is 2.56. The average molecular weight is 216 g/mol. The van der Waals surface area contributed by atoms with E-state index in [4.69, 9.17) is 5.73 Å². The van der Waals surface area contributed by atoms with Crippen LogP contribution in [0.2, 0.25) is 0 Å². The van der Waals surface area contributed by atoms with Crippen molar-refractivity contribution in [3.63, 3.8) is 0 Å². The van der Waals surface area contributed by atoms with Gasteiger partial charge < -0.3 is 10.3 Å². The topological polar surface area (TPSA) is 30.9 Å². The molecule has 1 unspecified atom stereocenters. The van der Waals surface area contributed by atoms with Crippen LogP contribution >= 0.6 is 0 Å². The molecule has 0 aliphatic carbocycles. The number of hydrogen-bond acceptors (Lipinski definition) is 1. The molecule has 2 heteroatoms. The van der Waals surface area contributed by atoms with E-state index in [-0.39, 0.29) is 6.04 Å². The standard InChI is InChI=1S/C14H20N2/c1-9(2)13(15)12-8-16(4)14-10(3)6-5-7-11(12)14/h5-9,13H,15H2,1-4H3. The van der Waals surface area contributed by atoms with Crippen molar-refractivity contribution in [2.75, 3.05) is 0 Å². The van der Waals surface area contributed by atoms with Crippen molar-refractivity contribution in [3.8, 4) is 0 Å². The molecule has 1 aromatic heterocycles. The van der Waals surface area contributed by atoms with Gasteiger partial charge in [0.15, 0.2) is 0 Å². The van der Waals surface area contributed by atoms with Crippen molar-refractivity contribution in [2.45, 2.75) is 26.8 Å². The van der Waals surface area contributed by atoms with E-state index < -0.39 is 0 Å². The molecule has 1 heterocycles.